The van der Waals surface area contributed by atoms with Gasteiger partial charge in [0.25, 0.3) is 5.56 Å². The summed E-state index contributed by atoms with van der Waals surface area (Å²) in [6, 6.07) is 0.601. The van der Waals surface area contributed by atoms with Gasteiger partial charge in [0.15, 0.2) is 0 Å². The number of hydrogen-bond donors (Lipinski definition) is 1. The number of nitrogens with zero attached hydrogens (tertiary/aromatic N) is 1. The molecule has 1 fully saturated rings. The molecule has 0 saturated heterocycles. The zero-order chi connectivity index (χ0) is 19.1. The van der Waals surface area contributed by atoms with Crippen molar-refractivity contribution in [1.82, 2.24) is 9.55 Å². The maximum Gasteiger partial charge on any atom is 0.417 e. The Bertz CT molecular complexity index is 1050. The summed E-state index contributed by atoms with van der Waals surface area (Å²) < 4.78 is 67.8. The molecule has 140 valence electrons. The smallest absolute Gasteiger partial charge is 0.292 e. The van der Waals surface area contributed by atoms with Crippen LogP contribution >= 0.6 is 23.4 Å². The fourth-order valence-electron chi connectivity index (χ4n) is 3.75. The molecule has 2 aromatic rings. The van der Waals surface area contributed by atoms with Gasteiger partial charge in [0.1, 0.15) is 0 Å². The summed E-state index contributed by atoms with van der Waals surface area (Å²) in [6.07, 6.45) is -5.75. The molecule has 4 rings (SSSR count). The molecule has 2 heterocycles. The van der Waals surface area contributed by atoms with Crippen LogP contribution in [-0.2, 0) is 12.7 Å². The summed E-state index contributed by atoms with van der Waals surface area (Å²) in [4.78, 5) is 26.2. The molecular weight excluding hydrogens is 403 g/mol. The van der Waals surface area contributed by atoms with E-state index in [1.165, 1.54) is 0 Å². The van der Waals surface area contributed by atoms with E-state index in [4.69, 9.17) is 11.6 Å². The van der Waals surface area contributed by atoms with Gasteiger partial charge in [-0.3, -0.25) is 14.3 Å². The van der Waals surface area contributed by atoms with Crippen molar-refractivity contribution >= 4 is 34.3 Å². The van der Waals surface area contributed by atoms with Crippen molar-refractivity contribution in [3.63, 3.8) is 0 Å². The van der Waals surface area contributed by atoms with E-state index >= 15 is 0 Å². The number of nitrogens with one attached hydrogen (secondary N) is 1. The Labute approximate surface area is 151 Å². The molecule has 0 bridgehead atoms. The molecular formula is C15H10ClF5N2O2S. The van der Waals surface area contributed by atoms with Gasteiger partial charge in [-0.05, 0) is 6.07 Å². The number of aromatic nitrogens is 2. The molecule has 1 aliphatic heterocycles. The fourth-order valence-corrected chi connectivity index (χ4v) is 5.51. The van der Waals surface area contributed by atoms with Gasteiger partial charge in [-0.1, -0.05) is 11.6 Å². The minimum atomic E-state index is -4.80. The molecule has 1 aliphatic carbocycles. The molecule has 0 atom stereocenters. The van der Waals surface area contributed by atoms with E-state index in [0.717, 1.165) is 16.3 Å². The average Bonchev–Trinajstić information content (AvgIpc) is 2.63. The Morgan fingerprint density at radius 3 is 2.46 bits per heavy atom. The van der Waals surface area contributed by atoms with Crippen LogP contribution in [0, 0.1) is 5.41 Å². The molecule has 4 nitrogen and oxygen atoms in total. The summed E-state index contributed by atoms with van der Waals surface area (Å²) in [5.74, 6) is -2.79. The lowest BCUT2D eigenvalue weighted by atomic mass is 9.67. The monoisotopic (exact) mass is 412 g/mol. The van der Waals surface area contributed by atoms with E-state index in [9.17, 15) is 31.5 Å². The summed E-state index contributed by atoms with van der Waals surface area (Å²) >= 11 is 6.83. The van der Waals surface area contributed by atoms with Gasteiger partial charge in [-0.15, -0.1) is 11.8 Å². The number of aromatic amines is 1. The van der Waals surface area contributed by atoms with Crippen molar-refractivity contribution in [3.05, 3.63) is 37.5 Å². The number of rotatable bonds is 0. The largest absolute Gasteiger partial charge is 0.417 e. The van der Waals surface area contributed by atoms with Crippen LogP contribution in [-0.4, -0.2) is 21.2 Å². The molecule has 11 heteroatoms. The molecule has 1 saturated carbocycles. The summed E-state index contributed by atoms with van der Waals surface area (Å²) in [6.45, 7) is -0.115. The molecule has 0 unspecified atom stereocenters. The quantitative estimate of drug-likeness (QED) is 0.668. The highest BCUT2D eigenvalue weighted by atomic mass is 35.5. The Morgan fingerprint density at radius 2 is 1.88 bits per heavy atom. The van der Waals surface area contributed by atoms with E-state index in [1.807, 2.05) is 4.98 Å². The van der Waals surface area contributed by atoms with Crippen LogP contribution < -0.4 is 11.2 Å². The van der Waals surface area contributed by atoms with Gasteiger partial charge in [-0.2, -0.15) is 13.2 Å². The van der Waals surface area contributed by atoms with E-state index in [0.29, 0.717) is 6.07 Å². The van der Waals surface area contributed by atoms with Gasteiger partial charge < -0.3 is 0 Å². The van der Waals surface area contributed by atoms with Gasteiger partial charge in [-0.25, -0.2) is 13.6 Å². The second kappa shape index (κ2) is 5.25. The second-order valence-electron chi connectivity index (χ2n) is 6.80. The number of halogens is 6. The van der Waals surface area contributed by atoms with Crippen LogP contribution in [0.4, 0.5) is 22.0 Å². The van der Waals surface area contributed by atoms with Crippen LogP contribution in [0.1, 0.15) is 18.4 Å². The average molecular weight is 413 g/mol. The minimum absolute atomic E-state index is 0.0335. The van der Waals surface area contributed by atoms with E-state index in [2.05, 4.69) is 0 Å². The molecule has 1 aromatic carbocycles. The van der Waals surface area contributed by atoms with Crippen LogP contribution in [0.3, 0.4) is 0 Å². The molecule has 26 heavy (non-hydrogen) atoms. The predicted molar refractivity (Wildman–Crippen MR) is 86.2 cm³/mol. The standard InChI is InChI=1S/C15H10ClF5N2O2S/c16-8-7(15(19,20)21)1-6-9-10(8)26-5-13(2-14(17,18)3-13)4-23(9)12(25)22-11(6)24/h1H,2-5H2,(H,22,24,25). The highest BCUT2D eigenvalue weighted by Gasteiger charge is 2.57. The Kier molecular flexibility index (Phi) is 3.60. The van der Waals surface area contributed by atoms with Crippen LogP contribution in [0.2, 0.25) is 5.02 Å². The zero-order valence-corrected chi connectivity index (χ0v) is 14.4. The van der Waals surface area contributed by atoms with Crippen LogP contribution in [0.25, 0.3) is 10.9 Å². The first-order chi connectivity index (χ1) is 11.9. The normalized spacial score (nSPS) is 20.8. The Morgan fingerprint density at radius 1 is 1.23 bits per heavy atom. The summed E-state index contributed by atoms with van der Waals surface area (Å²) in [5.41, 5.74) is -3.99. The van der Waals surface area contributed by atoms with E-state index in [-0.39, 0.29) is 28.1 Å². The fraction of sp³-hybridized carbons (Fsp3) is 0.467. The predicted octanol–water partition coefficient (Wildman–Crippen LogP) is 3.88. The summed E-state index contributed by atoms with van der Waals surface area (Å²) in [7, 11) is 0. The third kappa shape index (κ3) is 2.57. The van der Waals surface area contributed by atoms with Crippen LogP contribution in [0.5, 0.6) is 0 Å². The third-order valence-corrected chi connectivity index (χ3v) is 6.71. The molecule has 2 aliphatic rings. The van der Waals surface area contributed by atoms with Crippen LogP contribution in [0.15, 0.2) is 20.6 Å². The first kappa shape index (κ1) is 17.8. The topological polar surface area (TPSA) is 54.9 Å². The van der Waals surface area contributed by atoms with Crippen molar-refractivity contribution in [2.24, 2.45) is 5.41 Å². The number of benzene rings is 1. The minimum Gasteiger partial charge on any atom is -0.292 e. The summed E-state index contributed by atoms with van der Waals surface area (Å²) in [5, 5.41) is -0.969. The number of thioether (sulfide) groups is 1. The first-order valence-corrected chi connectivity index (χ1v) is 8.86. The van der Waals surface area contributed by atoms with Crippen molar-refractivity contribution in [2.45, 2.75) is 36.4 Å². The molecule has 1 spiro atoms. The highest BCUT2D eigenvalue weighted by molar-refractivity contribution is 7.99. The second-order valence-corrected chi connectivity index (χ2v) is 8.17. The van der Waals surface area contributed by atoms with Gasteiger partial charge in [0.05, 0.1) is 26.4 Å². The van der Waals surface area contributed by atoms with E-state index in [1.54, 1.807) is 0 Å². The lowest BCUT2D eigenvalue weighted by Crippen LogP contribution is -2.51. The number of H-pyrrole nitrogens is 1. The molecule has 0 radical (unpaired) electrons. The van der Waals surface area contributed by atoms with Gasteiger partial charge in [0, 0.05) is 30.6 Å². The molecule has 1 N–H and O–H groups in total. The first-order valence-electron chi connectivity index (χ1n) is 7.50. The maximum atomic E-state index is 13.5. The lowest BCUT2D eigenvalue weighted by Gasteiger charge is -2.46. The SMILES string of the molecule is O=c1[nH]c(=O)n2c3c(c(Cl)c(C(F)(F)F)cc13)SCC1(C2)CC(F)(F)C1. The Balaban J connectivity index is 2.02. The maximum absolute atomic E-state index is 13.5. The van der Waals surface area contributed by atoms with Crippen molar-refractivity contribution in [1.29, 1.82) is 0 Å². The van der Waals surface area contributed by atoms with Crippen molar-refractivity contribution < 1.29 is 22.0 Å². The van der Waals surface area contributed by atoms with Gasteiger partial charge >= 0.3 is 11.9 Å². The molecule has 1 aromatic heterocycles. The van der Waals surface area contributed by atoms with E-state index < -0.39 is 52.2 Å². The zero-order valence-electron chi connectivity index (χ0n) is 12.8. The van der Waals surface area contributed by atoms with Gasteiger partial charge in [0.2, 0.25) is 5.92 Å². The number of hydrogen-bond acceptors (Lipinski definition) is 3. The lowest BCUT2D eigenvalue weighted by molar-refractivity contribution is -0.156. The molecule has 0 amide bonds. The Hall–Kier alpha value is -1.55. The van der Waals surface area contributed by atoms with Crippen molar-refractivity contribution in [2.75, 3.05) is 5.75 Å². The highest BCUT2D eigenvalue weighted by Crippen LogP contribution is 2.57. The third-order valence-electron chi connectivity index (χ3n) is 4.76. The number of alkyl halides is 5. The van der Waals surface area contributed by atoms with Crippen molar-refractivity contribution in [3.8, 4) is 0 Å².